The molecule has 1 saturated heterocycles. The van der Waals surface area contributed by atoms with Crippen LogP contribution in [0.2, 0.25) is 0 Å². The third-order valence-corrected chi connectivity index (χ3v) is 3.48. The molecule has 1 heterocycles. The number of nitrogens with zero attached hydrogens (tertiary/aromatic N) is 2. The smallest absolute Gasteiger partial charge is 0.118 e. The molecule has 1 aromatic rings. The van der Waals surface area contributed by atoms with Crippen molar-refractivity contribution in [2.24, 2.45) is 0 Å². The van der Waals surface area contributed by atoms with Gasteiger partial charge < -0.3 is 9.64 Å². The van der Waals surface area contributed by atoms with E-state index in [2.05, 4.69) is 28.9 Å². The van der Waals surface area contributed by atoms with Crippen LogP contribution >= 0.6 is 0 Å². The third kappa shape index (κ3) is 3.45. The van der Waals surface area contributed by atoms with Crippen molar-refractivity contribution in [3.05, 3.63) is 29.8 Å². The van der Waals surface area contributed by atoms with Crippen LogP contribution in [0.15, 0.2) is 24.3 Å². The Morgan fingerprint density at radius 2 is 1.59 bits per heavy atom. The summed E-state index contributed by atoms with van der Waals surface area (Å²) in [6.07, 6.45) is 0. The highest BCUT2D eigenvalue weighted by Gasteiger charge is 2.15. The lowest BCUT2D eigenvalue weighted by Crippen LogP contribution is -2.45. The second-order valence-electron chi connectivity index (χ2n) is 4.56. The van der Waals surface area contributed by atoms with Gasteiger partial charge in [-0.2, -0.15) is 0 Å². The first-order chi connectivity index (χ1) is 8.31. The molecule has 1 aliphatic heterocycles. The van der Waals surface area contributed by atoms with Crippen molar-refractivity contribution in [1.29, 1.82) is 0 Å². The molecular formula is C14H22N2O. The van der Waals surface area contributed by atoms with Gasteiger partial charge in [-0.25, -0.2) is 0 Å². The molecule has 0 aliphatic carbocycles. The second-order valence-corrected chi connectivity index (χ2v) is 4.56. The maximum absolute atomic E-state index is 5.17. The fourth-order valence-electron chi connectivity index (χ4n) is 2.25. The molecular weight excluding hydrogens is 212 g/mol. The molecule has 1 aromatic carbocycles. The van der Waals surface area contributed by atoms with Gasteiger partial charge in [-0.1, -0.05) is 19.1 Å². The normalized spacial score (nSPS) is 18.2. The number of rotatable bonds is 4. The van der Waals surface area contributed by atoms with Gasteiger partial charge in [0, 0.05) is 32.7 Å². The summed E-state index contributed by atoms with van der Waals surface area (Å²) in [5.74, 6) is 0.935. The predicted octanol–water partition coefficient (Wildman–Crippen LogP) is 1.83. The van der Waals surface area contributed by atoms with Gasteiger partial charge in [0.25, 0.3) is 0 Å². The lowest BCUT2D eigenvalue weighted by Gasteiger charge is -2.34. The van der Waals surface area contributed by atoms with Crippen LogP contribution in [0, 0.1) is 0 Å². The van der Waals surface area contributed by atoms with E-state index >= 15 is 0 Å². The van der Waals surface area contributed by atoms with E-state index in [4.69, 9.17) is 4.74 Å². The van der Waals surface area contributed by atoms with E-state index in [0.717, 1.165) is 12.3 Å². The minimum absolute atomic E-state index is 0.935. The number of methoxy groups -OCH3 is 1. The molecule has 0 aromatic heterocycles. The topological polar surface area (TPSA) is 15.7 Å². The molecule has 0 atom stereocenters. The van der Waals surface area contributed by atoms with Crippen molar-refractivity contribution in [2.75, 3.05) is 39.8 Å². The molecule has 0 radical (unpaired) electrons. The Bertz CT molecular complexity index is 329. The Hall–Kier alpha value is -1.06. The first-order valence-corrected chi connectivity index (χ1v) is 6.39. The predicted molar refractivity (Wildman–Crippen MR) is 70.4 cm³/mol. The Kier molecular flexibility index (Phi) is 4.40. The largest absolute Gasteiger partial charge is 0.497 e. The van der Waals surface area contributed by atoms with Crippen LogP contribution in [-0.4, -0.2) is 49.6 Å². The highest BCUT2D eigenvalue weighted by atomic mass is 16.5. The molecule has 1 fully saturated rings. The van der Waals surface area contributed by atoms with E-state index in [9.17, 15) is 0 Å². The van der Waals surface area contributed by atoms with E-state index in [-0.39, 0.29) is 0 Å². The molecule has 0 unspecified atom stereocenters. The summed E-state index contributed by atoms with van der Waals surface area (Å²) < 4.78 is 5.17. The fourth-order valence-corrected chi connectivity index (χ4v) is 2.25. The minimum atomic E-state index is 0.935. The maximum atomic E-state index is 5.17. The van der Waals surface area contributed by atoms with Crippen LogP contribution in [0.5, 0.6) is 5.75 Å². The number of benzene rings is 1. The van der Waals surface area contributed by atoms with Crippen molar-refractivity contribution in [2.45, 2.75) is 13.5 Å². The van der Waals surface area contributed by atoms with Crippen LogP contribution in [0.3, 0.4) is 0 Å². The molecule has 2 rings (SSSR count). The standard InChI is InChI=1S/C14H22N2O/c1-3-15-8-10-16(11-9-15)12-13-4-6-14(17-2)7-5-13/h4-7H,3,8-12H2,1-2H3. The van der Waals surface area contributed by atoms with Gasteiger partial charge >= 0.3 is 0 Å². The van der Waals surface area contributed by atoms with Crippen molar-refractivity contribution >= 4 is 0 Å². The molecule has 3 heteroatoms. The van der Waals surface area contributed by atoms with Crippen LogP contribution in [-0.2, 0) is 6.54 Å². The summed E-state index contributed by atoms with van der Waals surface area (Å²) in [4.78, 5) is 5.03. The van der Waals surface area contributed by atoms with Gasteiger partial charge in [-0.15, -0.1) is 0 Å². The monoisotopic (exact) mass is 234 g/mol. The second kappa shape index (κ2) is 6.03. The molecule has 0 spiro atoms. The van der Waals surface area contributed by atoms with E-state index in [0.29, 0.717) is 0 Å². The molecule has 1 aliphatic rings. The zero-order valence-corrected chi connectivity index (χ0v) is 10.9. The van der Waals surface area contributed by atoms with Gasteiger partial charge in [0.15, 0.2) is 0 Å². The average molecular weight is 234 g/mol. The van der Waals surface area contributed by atoms with E-state index in [1.54, 1.807) is 7.11 Å². The van der Waals surface area contributed by atoms with Crippen molar-refractivity contribution < 1.29 is 4.74 Å². The zero-order valence-electron chi connectivity index (χ0n) is 10.9. The number of ether oxygens (including phenoxy) is 1. The molecule has 3 nitrogen and oxygen atoms in total. The molecule has 0 amide bonds. The van der Waals surface area contributed by atoms with E-state index in [1.807, 2.05) is 12.1 Å². The van der Waals surface area contributed by atoms with Crippen molar-refractivity contribution in [3.63, 3.8) is 0 Å². The van der Waals surface area contributed by atoms with E-state index < -0.39 is 0 Å². The third-order valence-electron chi connectivity index (χ3n) is 3.48. The van der Waals surface area contributed by atoms with Gasteiger partial charge in [0.2, 0.25) is 0 Å². The summed E-state index contributed by atoms with van der Waals surface area (Å²) in [7, 11) is 1.71. The number of hydrogen-bond acceptors (Lipinski definition) is 3. The fraction of sp³-hybridized carbons (Fsp3) is 0.571. The molecule has 0 saturated carbocycles. The molecule has 0 bridgehead atoms. The van der Waals surface area contributed by atoms with Gasteiger partial charge in [-0.3, -0.25) is 4.90 Å². The number of piperazine rings is 1. The lowest BCUT2D eigenvalue weighted by atomic mass is 10.2. The Balaban J connectivity index is 1.84. The summed E-state index contributed by atoms with van der Waals surface area (Å²) >= 11 is 0. The highest BCUT2D eigenvalue weighted by molar-refractivity contribution is 5.27. The molecule has 0 N–H and O–H groups in total. The summed E-state index contributed by atoms with van der Waals surface area (Å²) in [6, 6.07) is 8.39. The molecule has 94 valence electrons. The Morgan fingerprint density at radius 3 is 2.12 bits per heavy atom. The van der Waals surface area contributed by atoms with Crippen LogP contribution in [0.4, 0.5) is 0 Å². The summed E-state index contributed by atoms with van der Waals surface area (Å²) in [5, 5.41) is 0. The number of likely N-dealkylation sites (N-methyl/N-ethyl adjacent to an activating group) is 1. The zero-order chi connectivity index (χ0) is 12.1. The van der Waals surface area contributed by atoms with Crippen LogP contribution in [0.1, 0.15) is 12.5 Å². The Labute approximate surface area is 104 Å². The van der Waals surface area contributed by atoms with Gasteiger partial charge in [-0.05, 0) is 24.2 Å². The van der Waals surface area contributed by atoms with Gasteiger partial charge in [0.1, 0.15) is 5.75 Å². The first kappa shape index (κ1) is 12.4. The van der Waals surface area contributed by atoms with E-state index in [1.165, 1.54) is 38.3 Å². The van der Waals surface area contributed by atoms with Crippen molar-refractivity contribution in [3.8, 4) is 5.75 Å². The van der Waals surface area contributed by atoms with Gasteiger partial charge in [0.05, 0.1) is 7.11 Å². The highest BCUT2D eigenvalue weighted by Crippen LogP contribution is 2.13. The molecule has 17 heavy (non-hydrogen) atoms. The first-order valence-electron chi connectivity index (χ1n) is 6.39. The Morgan fingerprint density at radius 1 is 1.00 bits per heavy atom. The summed E-state index contributed by atoms with van der Waals surface area (Å²) in [6.45, 7) is 9.23. The maximum Gasteiger partial charge on any atom is 0.118 e. The van der Waals surface area contributed by atoms with Crippen LogP contribution in [0.25, 0.3) is 0 Å². The summed E-state index contributed by atoms with van der Waals surface area (Å²) in [5.41, 5.74) is 1.37. The lowest BCUT2D eigenvalue weighted by molar-refractivity contribution is 0.132. The SMILES string of the molecule is CCN1CCN(Cc2ccc(OC)cc2)CC1. The minimum Gasteiger partial charge on any atom is -0.497 e. The van der Waals surface area contributed by atoms with Crippen LogP contribution < -0.4 is 4.74 Å². The number of hydrogen-bond donors (Lipinski definition) is 0. The quantitative estimate of drug-likeness (QED) is 0.790. The average Bonchev–Trinajstić information content (AvgIpc) is 2.40. The van der Waals surface area contributed by atoms with Crippen molar-refractivity contribution in [1.82, 2.24) is 9.80 Å².